The first-order valence-corrected chi connectivity index (χ1v) is 5.97. The van der Waals surface area contributed by atoms with Crippen LogP contribution in [0.15, 0.2) is 0 Å². The molecule has 1 saturated heterocycles. The molecule has 1 fully saturated rings. The number of carboxylic acid groups (broad SMARTS) is 1. The van der Waals surface area contributed by atoms with E-state index in [-0.39, 0.29) is 25.2 Å². The van der Waals surface area contributed by atoms with Gasteiger partial charge in [0.25, 0.3) is 0 Å². The van der Waals surface area contributed by atoms with Gasteiger partial charge in [0.05, 0.1) is 6.54 Å². The number of hydrogen-bond donors (Lipinski definition) is 3. The molecule has 1 unspecified atom stereocenters. The minimum absolute atomic E-state index is 0.0543. The SMILES string of the molecule is CN(C)CCC1(OC(=O)C(=O)O)CNNCCC1=O. The highest BCUT2D eigenvalue weighted by Crippen LogP contribution is 2.21. The summed E-state index contributed by atoms with van der Waals surface area (Å²) in [4.78, 5) is 35.9. The van der Waals surface area contributed by atoms with Crippen LogP contribution in [0.1, 0.15) is 12.8 Å². The summed E-state index contributed by atoms with van der Waals surface area (Å²) in [6.07, 6.45) is 0.417. The summed E-state index contributed by atoms with van der Waals surface area (Å²) in [5.41, 5.74) is 4.15. The van der Waals surface area contributed by atoms with E-state index in [2.05, 4.69) is 10.9 Å². The van der Waals surface area contributed by atoms with Crippen LogP contribution in [-0.2, 0) is 19.1 Å². The second-order valence-electron chi connectivity index (χ2n) is 4.70. The molecule has 0 spiro atoms. The average molecular weight is 273 g/mol. The first-order valence-electron chi connectivity index (χ1n) is 5.97. The van der Waals surface area contributed by atoms with Gasteiger partial charge in [-0.15, -0.1) is 0 Å². The van der Waals surface area contributed by atoms with E-state index in [0.29, 0.717) is 13.1 Å². The Kier molecular flexibility index (Phi) is 5.40. The number of carbonyl (C=O) groups excluding carboxylic acids is 2. The Morgan fingerprint density at radius 2 is 2.11 bits per heavy atom. The molecule has 0 aromatic heterocycles. The molecule has 3 N–H and O–H groups in total. The number of nitrogens with one attached hydrogen (secondary N) is 2. The lowest BCUT2D eigenvalue weighted by Gasteiger charge is -2.31. The normalized spacial score (nSPS) is 24.1. The standard InChI is InChI=1S/C11H19N3O5/c1-14(2)6-4-11(19-10(18)9(16)17)7-13-12-5-3-8(11)15/h12-13H,3-7H2,1-2H3,(H,16,17). The van der Waals surface area contributed by atoms with Crippen molar-refractivity contribution in [1.82, 2.24) is 15.8 Å². The molecule has 8 heteroatoms. The van der Waals surface area contributed by atoms with Gasteiger partial charge in [0, 0.05) is 25.9 Å². The van der Waals surface area contributed by atoms with Crippen molar-refractivity contribution in [2.24, 2.45) is 0 Å². The summed E-state index contributed by atoms with van der Waals surface area (Å²) >= 11 is 0. The first kappa shape index (κ1) is 15.5. The number of esters is 1. The third kappa shape index (κ3) is 4.27. The van der Waals surface area contributed by atoms with E-state index >= 15 is 0 Å². The summed E-state index contributed by atoms with van der Waals surface area (Å²) in [5.74, 6) is -3.38. The number of carbonyl (C=O) groups is 3. The highest BCUT2D eigenvalue weighted by atomic mass is 16.6. The monoisotopic (exact) mass is 273 g/mol. The van der Waals surface area contributed by atoms with E-state index in [0.717, 1.165) is 0 Å². The number of ether oxygens (including phenoxy) is 1. The molecular weight excluding hydrogens is 254 g/mol. The fraction of sp³-hybridized carbons (Fsp3) is 0.727. The Labute approximate surface area is 111 Å². The van der Waals surface area contributed by atoms with Crippen LogP contribution in [0.25, 0.3) is 0 Å². The van der Waals surface area contributed by atoms with Crippen molar-refractivity contribution in [3.8, 4) is 0 Å². The van der Waals surface area contributed by atoms with Crippen LogP contribution >= 0.6 is 0 Å². The molecule has 0 saturated carbocycles. The number of nitrogens with zero attached hydrogens (tertiary/aromatic N) is 1. The fourth-order valence-electron chi connectivity index (χ4n) is 1.79. The van der Waals surface area contributed by atoms with Gasteiger partial charge in [0.15, 0.2) is 11.4 Å². The Morgan fingerprint density at radius 3 is 2.68 bits per heavy atom. The molecule has 1 heterocycles. The Hall–Kier alpha value is -1.51. The molecule has 0 amide bonds. The van der Waals surface area contributed by atoms with E-state index in [1.165, 1.54) is 0 Å². The van der Waals surface area contributed by atoms with Gasteiger partial charge in [-0.3, -0.25) is 15.6 Å². The van der Waals surface area contributed by atoms with Gasteiger partial charge in [0.1, 0.15) is 0 Å². The van der Waals surface area contributed by atoms with Crippen LogP contribution in [0.4, 0.5) is 0 Å². The highest BCUT2D eigenvalue weighted by Gasteiger charge is 2.43. The number of hydrazine groups is 1. The molecule has 1 aliphatic heterocycles. The molecule has 0 aromatic carbocycles. The van der Waals surface area contributed by atoms with Crippen molar-refractivity contribution < 1.29 is 24.2 Å². The maximum atomic E-state index is 12.1. The van der Waals surface area contributed by atoms with Crippen LogP contribution in [0.5, 0.6) is 0 Å². The number of carboxylic acids is 1. The maximum Gasteiger partial charge on any atom is 0.418 e. The Morgan fingerprint density at radius 1 is 1.42 bits per heavy atom. The third-order valence-corrected chi connectivity index (χ3v) is 2.91. The number of rotatable bonds is 4. The summed E-state index contributed by atoms with van der Waals surface area (Å²) in [6.45, 7) is 0.964. The average Bonchev–Trinajstić information content (AvgIpc) is 2.50. The molecule has 1 atom stereocenters. The van der Waals surface area contributed by atoms with Crippen molar-refractivity contribution in [2.45, 2.75) is 18.4 Å². The minimum atomic E-state index is -1.70. The van der Waals surface area contributed by atoms with Crippen LogP contribution in [0, 0.1) is 0 Å². The van der Waals surface area contributed by atoms with Gasteiger partial charge in [0.2, 0.25) is 0 Å². The number of hydrogen-bond acceptors (Lipinski definition) is 7. The lowest BCUT2D eigenvalue weighted by Crippen LogP contribution is -2.52. The van der Waals surface area contributed by atoms with E-state index < -0.39 is 17.5 Å². The highest BCUT2D eigenvalue weighted by molar-refractivity contribution is 6.29. The molecule has 1 rings (SSSR count). The van der Waals surface area contributed by atoms with Gasteiger partial charge in [-0.1, -0.05) is 0 Å². The Bertz CT molecular complexity index is 371. The fourth-order valence-corrected chi connectivity index (χ4v) is 1.79. The van der Waals surface area contributed by atoms with Gasteiger partial charge >= 0.3 is 11.9 Å². The molecule has 0 bridgehead atoms. The molecule has 0 aliphatic carbocycles. The zero-order valence-electron chi connectivity index (χ0n) is 11.1. The van der Waals surface area contributed by atoms with Crippen molar-refractivity contribution in [2.75, 3.05) is 33.7 Å². The zero-order chi connectivity index (χ0) is 14.5. The summed E-state index contributed by atoms with van der Waals surface area (Å²) in [6, 6.07) is 0. The molecule has 0 aromatic rings. The van der Waals surface area contributed by atoms with E-state index in [4.69, 9.17) is 9.84 Å². The van der Waals surface area contributed by atoms with Gasteiger partial charge in [-0.2, -0.15) is 0 Å². The van der Waals surface area contributed by atoms with Gasteiger partial charge < -0.3 is 14.7 Å². The Balaban J connectivity index is 2.89. The van der Waals surface area contributed by atoms with Gasteiger partial charge in [-0.05, 0) is 14.1 Å². The molecule has 108 valence electrons. The number of Topliss-reactive ketones (excluding diaryl/α,β-unsaturated/α-hetero) is 1. The van der Waals surface area contributed by atoms with Crippen LogP contribution in [-0.4, -0.2) is 67.1 Å². The summed E-state index contributed by atoms with van der Waals surface area (Å²) in [5, 5.41) is 8.63. The molecule has 1 aliphatic rings. The number of aliphatic carboxylic acids is 1. The second kappa shape index (κ2) is 6.60. The smallest absolute Gasteiger partial charge is 0.418 e. The van der Waals surface area contributed by atoms with E-state index in [9.17, 15) is 14.4 Å². The second-order valence-corrected chi connectivity index (χ2v) is 4.70. The van der Waals surface area contributed by atoms with Crippen LogP contribution in [0.3, 0.4) is 0 Å². The molecular formula is C11H19N3O5. The zero-order valence-corrected chi connectivity index (χ0v) is 11.1. The topological polar surface area (TPSA) is 108 Å². The third-order valence-electron chi connectivity index (χ3n) is 2.91. The van der Waals surface area contributed by atoms with E-state index in [1.54, 1.807) is 0 Å². The van der Waals surface area contributed by atoms with Crippen molar-refractivity contribution >= 4 is 17.7 Å². The van der Waals surface area contributed by atoms with Crippen molar-refractivity contribution in [1.29, 1.82) is 0 Å². The maximum absolute atomic E-state index is 12.1. The summed E-state index contributed by atoms with van der Waals surface area (Å²) in [7, 11) is 3.64. The number of ketones is 1. The van der Waals surface area contributed by atoms with E-state index in [1.807, 2.05) is 19.0 Å². The van der Waals surface area contributed by atoms with Crippen molar-refractivity contribution in [3.05, 3.63) is 0 Å². The van der Waals surface area contributed by atoms with Crippen LogP contribution in [0.2, 0.25) is 0 Å². The predicted octanol–water partition coefficient (Wildman–Crippen LogP) is -1.63. The predicted molar refractivity (Wildman–Crippen MR) is 65.3 cm³/mol. The lowest BCUT2D eigenvalue weighted by atomic mass is 9.92. The molecule has 19 heavy (non-hydrogen) atoms. The minimum Gasteiger partial charge on any atom is -0.473 e. The molecule has 8 nitrogen and oxygen atoms in total. The van der Waals surface area contributed by atoms with Gasteiger partial charge in [-0.25, -0.2) is 9.59 Å². The first-order chi connectivity index (χ1) is 8.87. The lowest BCUT2D eigenvalue weighted by molar-refractivity contribution is -0.178. The summed E-state index contributed by atoms with van der Waals surface area (Å²) < 4.78 is 4.97. The van der Waals surface area contributed by atoms with Crippen LogP contribution < -0.4 is 10.9 Å². The quantitative estimate of drug-likeness (QED) is 0.414. The van der Waals surface area contributed by atoms with Crippen molar-refractivity contribution in [3.63, 3.8) is 0 Å². The molecule has 0 radical (unpaired) electrons. The largest absolute Gasteiger partial charge is 0.473 e.